The molecule has 0 spiro atoms. The van der Waals surface area contributed by atoms with Gasteiger partial charge in [-0.2, -0.15) is 0 Å². The van der Waals surface area contributed by atoms with Crippen LogP contribution in [0.5, 0.6) is 0 Å². The van der Waals surface area contributed by atoms with Crippen molar-refractivity contribution in [3.05, 3.63) is 35.9 Å². The maximum atomic E-state index is 11.9. The second-order valence-electron chi connectivity index (χ2n) is 6.15. The third kappa shape index (κ3) is 2.33. The number of ether oxygens (including phenoxy) is 2. The van der Waals surface area contributed by atoms with Crippen LogP contribution in [0.4, 0.5) is 0 Å². The molecule has 102 valence electrons. The van der Waals surface area contributed by atoms with Crippen LogP contribution >= 0.6 is 0 Å². The Bertz CT molecular complexity index is 466. The molecule has 0 saturated carbocycles. The quantitative estimate of drug-likeness (QED) is 0.838. The van der Waals surface area contributed by atoms with Gasteiger partial charge in [0.1, 0.15) is 6.10 Å². The third-order valence-corrected chi connectivity index (χ3v) is 4.33. The largest absolute Gasteiger partial charge is 0.373 e. The van der Waals surface area contributed by atoms with Crippen LogP contribution in [0.25, 0.3) is 0 Å². The predicted molar refractivity (Wildman–Crippen MR) is 71.7 cm³/mol. The van der Waals surface area contributed by atoms with Crippen LogP contribution in [0.3, 0.4) is 0 Å². The molecule has 0 aromatic heterocycles. The fraction of sp³-hybridized carbons (Fsp3) is 0.562. The molecule has 1 aromatic carbocycles. The summed E-state index contributed by atoms with van der Waals surface area (Å²) in [4.78, 5) is 11.9. The van der Waals surface area contributed by atoms with E-state index in [1.54, 1.807) is 0 Å². The minimum Gasteiger partial charge on any atom is -0.373 e. The number of fused-ring (bicyclic) bond motifs is 2. The van der Waals surface area contributed by atoms with Gasteiger partial charge in [0.25, 0.3) is 0 Å². The van der Waals surface area contributed by atoms with Crippen molar-refractivity contribution in [1.82, 2.24) is 0 Å². The summed E-state index contributed by atoms with van der Waals surface area (Å²) < 4.78 is 11.9. The molecule has 2 aliphatic heterocycles. The molecule has 0 amide bonds. The lowest BCUT2D eigenvalue weighted by molar-refractivity contribution is -0.170. The van der Waals surface area contributed by atoms with E-state index in [-0.39, 0.29) is 29.5 Å². The maximum Gasteiger partial charge on any atom is 0.164 e. The molecule has 0 aliphatic carbocycles. The van der Waals surface area contributed by atoms with Crippen molar-refractivity contribution in [2.75, 3.05) is 0 Å². The van der Waals surface area contributed by atoms with Crippen LogP contribution in [-0.2, 0) is 20.9 Å². The molecule has 19 heavy (non-hydrogen) atoms. The van der Waals surface area contributed by atoms with Crippen LogP contribution < -0.4 is 0 Å². The van der Waals surface area contributed by atoms with Gasteiger partial charge in [-0.1, -0.05) is 44.2 Å². The summed E-state index contributed by atoms with van der Waals surface area (Å²) in [5, 5.41) is 0. The molecular weight excluding hydrogens is 240 g/mol. The van der Waals surface area contributed by atoms with Crippen molar-refractivity contribution in [2.24, 2.45) is 5.41 Å². The van der Waals surface area contributed by atoms with Crippen LogP contribution in [-0.4, -0.2) is 24.1 Å². The fourth-order valence-corrected chi connectivity index (χ4v) is 3.14. The van der Waals surface area contributed by atoms with Crippen LogP contribution in [0.15, 0.2) is 30.3 Å². The Balaban J connectivity index is 1.69. The number of carbonyl (C=O) groups is 1. The lowest BCUT2D eigenvalue weighted by atomic mass is 9.78. The average molecular weight is 260 g/mol. The van der Waals surface area contributed by atoms with Gasteiger partial charge in [0.15, 0.2) is 5.78 Å². The third-order valence-electron chi connectivity index (χ3n) is 4.33. The van der Waals surface area contributed by atoms with E-state index in [0.29, 0.717) is 13.0 Å². The first-order chi connectivity index (χ1) is 9.07. The molecule has 3 rings (SSSR count). The lowest BCUT2D eigenvalue weighted by Crippen LogP contribution is -2.48. The number of hydrogen-bond acceptors (Lipinski definition) is 3. The summed E-state index contributed by atoms with van der Waals surface area (Å²) in [6, 6.07) is 10.2. The molecule has 0 radical (unpaired) electrons. The Morgan fingerprint density at radius 3 is 2.79 bits per heavy atom. The van der Waals surface area contributed by atoms with Crippen molar-refractivity contribution in [2.45, 2.75) is 51.6 Å². The van der Waals surface area contributed by atoms with Crippen molar-refractivity contribution < 1.29 is 14.3 Å². The number of Topliss-reactive ketones (excluding diaryl/α,β-unsaturated/α-hetero) is 1. The summed E-state index contributed by atoms with van der Waals surface area (Å²) in [5.41, 5.74) is 0.933. The number of carbonyl (C=O) groups excluding carboxylic acids is 1. The zero-order valence-electron chi connectivity index (χ0n) is 11.5. The Morgan fingerprint density at radius 2 is 2.05 bits per heavy atom. The maximum absolute atomic E-state index is 11.9. The molecule has 2 heterocycles. The highest BCUT2D eigenvalue weighted by atomic mass is 16.5. The minimum absolute atomic E-state index is 0.0614. The highest BCUT2D eigenvalue weighted by molar-refractivity contribution is 5.86. The van der Waals surface area contributed by atoms with Crippen molar-refractivity contribution in [3.8, 4) is 0 Å². The Hall–Kier alpha value is -1.19. The zero-order valence-corrected chi connectivity index (χ0v) is 11.5. The molecule has 0 unspecified atom stereocenters. The zero-order chi connectivity index (χ0) is 13.5. The van der Waals surface area contributed by atoms with Crippen molar-refractivity contribution in [3.63, 3.8) is 0 Å². The standard InChI is InChI=1S/C16H20O3/c1-16(2)14(9-12-8-13(17)15(16)19-12)18-10-11-6-4-3-5-7-11/h3-7,12,14-15H,8-10H2,1-2H3/t12-,14+,15+/m1/s1. The van der Waals surface area contributed by atoms with Gasteiger partial charge in [-0.05, 0) is 5.56 Å². The van der Waals surface area contributed by atoms with Crippen molar-refractivity contribution >= 4 is 5.78 Å². The van der Waals surface area contributed by atoms with E-state index in [1.165, 1.54) is 5.56 Å². The molecule has 1 aromatic rings. The Morgan fingerprint density at radius 1 is 1.32 bits per heavy atom. The molecule has 2 aliphatic rings. The topological polar surface area (TPSA) is 35.5 Å². The van der Waals surface area contributed by atoms with E-state index >= 15 is 0 Å². The number of benzene rings is 1. The molecule has 2 bridgehead atoms. The molecule has 2 fully saturated rings. The second kappa shape index (κ2) is 4.73. The molecule has 0 N–H and O–H groups in total. The van der Waals surface area contributed by atoms with Gasteiger partial charge in [0, 0.05) is 18.3 Å². The molecule has 3 nitrogen and oxygen atoms in total. The average Bonchev–Trinajstić information content (AvgIpc) is 2.73. The van der Waals surface area contributed by atoms with Gasteiger partial charge in [0.05, 0.1) is 18.8 Å². The molecule has 2 saturated heterocycles. The molecule has 3 heteroatoms. The Labute approximate surface area is 113 Å². The summed E-state index contributed by atoms with van der Waals surface area (Å²) in [7, 11) is 0. The summed E-state index contributed by atoms with van der Waals surface area (Å²) >= 11 is 0. The number of rotatable bonds is 3. The number of ketones is 1. The molecular formula is C16H20O3. The van der Waals surface area contributed by atoms with Crippen LogP contribution in [0.2, 0.25) is 0 Å². The van der Waals surface area contributed by atoms with Gasteiger partial charge in [-0.3, -0.25) is 4.79 Å². The smallest absolute Gasteiger partial charge is 0.164 e. The fourth-order valence-electron chi connectivity index (χ4n) is 3.14. The van der Waals surface area contributed by atoms with Gasteiger partial charge >= 0.3 is 0 Å². The normalized spacial score (nSPS) is 32.5. The van der Waals surface area contributed by atoms with Gasteiger partial charge in [-0.25, -0.2) is 0 Å². The lowest BCUT2D eigenvalue weighted by Gasteiger charge is -2.42. The van der Waals surface area contributed by atoms with Gasteiger partial charge in [-0.15, -0.1) is 0 Å². The van der Waals surface area contributed by atoms with Crippen LogP contribution in [0.1, 0.15) is 32.3 Å². The minimum atomic E-state index is -0.285. The summed E-state index contributed by atoms with van der Waals surface area (Å²) in [6.07, 6.45) is 1.24. The first-order valence-corrected chi connectivity index (χ1v) is 6.91. The van der Waals surface area contributed by atoms with Gasteiger partial charge in [0.2, 0.25) is 0 Å². The first-order valence-electron chi connectivity index (χ1n) is 6.91. The van der Waals surface area contributed by atoms with E-state index in [1.807, 2.05) is 18.2 Å². The monoisotopic (exact) mass is 260 g/mol. The number of hydrogen-bond donors (Lipinski definition) is 0. The summed E-state index contributed by atoms with van der Waals surface area (Å²) in [5.74, 6) is 0.237. The second-order valence-corrected chi connectivity index (χ2v) is 6.15. The van der Waals surface area contributed by atoms with E-state index < -0.39 is 0 Å². The van der Waals surface area contributed by atoms with E-state index in [0.717, 1.165) is 6.42 Å². The SMILES string of the molecule is CC1(C)[C@@H](OCc2ccccc2)C[C@H]2CC(=O)[C@@H]1O2. The highest BCUT2D eigenvalue weighted by Crippen LogP contribution is 2.44. The molecule has 3 atom stereocenters. The van der Waals surface area contributed by atoms with Crippen LogP contribution in [0, 0.1) is 5.41 Å². The van der Waals surface area contributed by atoms with E-state index in [4.69, 9.17) is 9.47 Å². The van der Waals surface area contributed by atoms with E-state index in [9.17, 15) is 4.79 Å². The highest BCUT2D eigenvalue weighted by Gasteiger charge is 2.53. The first kappa shape index (κ1) is 12.8. The van der Waals surface area contributed by atoms with Crippen molar-refractivity contribution in [1.29, 1.82) is 0 Å². The van der Waals surface area contributed by atoms with E-state index in [2.05, 4.69) is 26.0 Å². The van der Waals surface area contributed by atoms with Gasteiger partial charge < -0.3 is 9.47 Å². The Kier molecular flexibility index (Phi) is 3.19. The summed E-state index contributed by atoms with van der Waals surface area (Å²) in [6.45, 7) is 4.75. The predicted octanol–water partition coefficient (Wildman–Crippen LogP) is 2.73.